The van der Waals surface area contributed by atoms with Crippen molar-refractivity contribution < 1.29 is 14.1 Å². The van der Waals surface area contributed by atoms with Crippen molar-refractivity contribution in [2.45, 2.75) is 59.8 Å². The van der Waals surface area contributed by atoms with Crippen LogP contribution in [-0.4, -0.2) is 40.2 Å². The molecule has 6 nitrogen and oxygen atoms in total. The van der Waals surface area contributed by atoms with Crippen LogP contribution >= 0.6 is 11.8 Å². The van der Waals surface area contributed by atoms with Gasteiger partial charge in [-0.05, 0) is 58.2 Å². The van der Waals surface area contributed by atoms with Crippen molar-refractivity contribution in [2.24, 2.45) is 0 Å². The van der Waals surface area contributed by atoms with Gasteiger partial charge in [0.2, 0.25) is 11.8 Å². The highest BCUT2D eigenvalue weighted by Crippen LogP contribution is 2.21. The molecule has 1 aromatic carbocycles. The Kier molecular flexibility index (Phi) is 8.32. The zero-order valence-corrected chi connectivity index (χ0v) is 19.0. The zero-order valence-electron chi connectivity index (χ0n) is 18.2. The fourth-order valence-corrected chi connectivity index (χ4v) is 4.03. The predicted octanol–water partition coefficient (Wildman–Crippen LogP) is 4.41. The SMILES string of the molecule is CCC(C)N(CC(=O)Nc1cccc(C)c1C)C(=O)CSCc1c(C)noc1C. The summed E-state index contributed by atoms with van der Waals surface area (Å²) in [5, 5.41) is 6.89. The number of aryl methyl sites for hydroxylation is 3. The zero-order chi connectivity index (χ0) is 21.6. The molecule has 0 saturated heterocycles. The van der Waals surface area contributed by atoms with E-state index in [-0.39, 0.29) is 24.4 Å². The Hall–Kier alpha value is -2.28. The number of thioether (sulfide) groups is 1. The van der Waals surface area contributed by atoms with Gasteiger partial charge in [0.05, 0.1) is 11.4 Å². The molecule has 2 amide bonds. The van der Waals surface area contributed by atoms with E-state index in [4.69, 9.17) is 4.52 Å². The molecule has 0 bridgehead atoms. The van der Waals surface area contributed by atoms with Gasteiger partial charge in [-0.1, -0.05) is 24.2 Å². The minimum Gasteiger partial charge on any atom is -0.361 e. The lowest BCUT2D eigenvalue weighted by molar-refractivity contribution is -0.134. The Labute approximate surface area is 177 Å². The van der Waals surface area contributed by atoms with Gasteiger partial charge in [0.1, 0.15) is 12.3 Å². The fraction of sp³-hybridized carbons (Fsp3) is 0.500. The van der Waals surface area contributed by atoms with Crippen molar-refractivity contribution in [3.63, 3.8) is 0 Å². The molecule has 29 heavy (non-hydrogen) atoms. The van der Waals surface area contributed by atoms with Crippen molar-refractivity contribution in [1.29, 1.82) is 0 Å². The monoisotopic (exact) mass is 417 g/mol. The Balaban J connectivity index is 1.97. The van der Waals surface area contributed by atoms with Gasteiger partial charge in [-0.2, -0.15) is 0 Å². The van der Waals surface area contributed by atoms with E-state index < -0.39 is 0 Å². The number of amides is 2. The van der Waals surface area contributed by atoms with Gasteiger partial charge in [-0.3, -0.25) is 9.59 Å². The number of anilines is 1. The van der Waals surface area contributed by atoms with Crippen LogP contribution in [0.3, 0.4) is 0 Å². The molecule has 2 aromatic rings. The summed E-state index contributed by atoms with van der Waals surface area (Å²) in [5.74, 6) is 1.55. The Morgan fingerprint density at radius 1 is 1.24 bits per heavy atom. The number of nitrogens with one attached hydrogen (secondary N) is 1. The van der Waals surface area contributed by atoms with Crippen LogP contribution in [-0.2, 0) is 15.3 Å². The van der Waals surface area contributed by atoms with Crippen LogP contribution < -0.4 is 5.32 Å². The Morgan fingerprint density at radius 3 is 2.59 bits per heavy atom. The van der Waals surface area contributed by atoms with Crippen molar-refractivity contribution in [2.75, 3.05) is 17.6 Å². The number of nitrogens with zero attached hydrogens (tertiary/aromatic N) is 2. The molecule has 1 heterocycles. The minimum absolute atomic E-state index is 0.00785. The number of carbonyl (C=O) groups excluding carboxylic acids is 2. The van der Waals surface area contributed by atoms with Gasteiger partial charge in [-0.25, -0.2) is 0 Å². The molecule has 1 atom stereocenters. The maximum atomic E-state index is 12.8. The molecule has 0 aliphatic rings. The van der Waals surface area contributed by atoms with Crippen LogP contribution in [0.1, 0.15) is 48.4 Å². The third-order valence-electron chi connectivity index (χ3n) is 5.29. The van der Waals surface area contributed by atoms with E-state index in [0.717, 1.165) is 40.3 Å². The molecular weight excluding hydrogens is 386 g/mol. The Morgan fingerprint density at radius 2 is 1.97 bits per heavy atom. The van der Waals surface area contributed by atoms with Crippen LogP contribution in [0.2, 0.25) is 0 Å². The third-order valence-corrected chi connectivity index (χ3v) is 6.23. The lowest BCUT2D eigenvalue weighted by Crippen LogP contribution is -2.44. The molecular formula is C22H31N3O3S. The topological polar surface area (TPSA) is 75.4 Å². The maximum Gasteiger partial charge on any atom is 0.244 e. The molecule has 2 rings (SSSR count). The maximum absolute atomic E-state index is 12.8. The molecule has 0 fully saturated rings. The van der Waals surface area contributed by atoms with Crippen molar-refractivity contribution in [3.05, 3.63) is 46.3 Å². The Bertz CT molecular complexity index is 843. The first-order valence-electron chi connectivity index (χ1n) is 9.89. The molecule has 1 aromatic heterocycles. The number of hydrogen-bond acceptors (Lipinski definition) is 5. The van der Waals surface area contributed by atoms with Crippen LogP contribution in [0.25, 0.3) is 0 Å². The molecule has 0 aliphatic carbocycles. The van der Waals surface area contributed by atoms with E-state index >= 15 is 0 Å². The second-order valence-corrected chi connectivity index (χ2v) is 8.36. The van der Waals surface area contributed by atoms with E-state index in [9.17, 15) is 9.59 Å². The molecule has 0 radical (unpaired) electrons. The summed E-state index contributed by atoms with van der Waals surface area (Å²) in [6, 6.07) is 5.80. The first-order valence-corrected chi connectivity index (χ1v) is 11.0. The van der Waals surface area contributed by atoms with Gasteiger partial charge < -0.3 is 14.7 Å². The quantitative estimate of drug-likeness (QED) is 0.654. The summed E-state index contributed by atoms with van der Waals surface area (Å²) in [6.45, 7) is 11.8. The highest BCUT2D eigenvalue weighted by atomic mass is 32.2. The largest absolute Gasteiger partial charge is 0.361 e. The summed E-state index contributed by atoms with van der Waals surface area (Å²) >= 11 is 1.52. The molecule has 158 valence electrons. The van der Waals surface area contributed by atoms with E-state index in [2.05, 4.69) is 10.5 Å². The summed E-state index contributed by atoms with van der Waals surface area (Å²) in [5.41, 5.74) is 4.84. The van der Waals surface area contributed by atoms with Crippen LogP contribution in [0.4, 0.5) is 5.69 Å². The smallest absolute Gasteiger partial charge is 0.244 e. The lowest BCUT2D eigenvalue weighted by Gasteiger charge is -2.28. The highest BCUT2D eigenvalue weighted by molar-refractivity contribution is 7.99. The fourth-order valence-electron chi connectivity index (χ4n) is 2.97. The number of hydrogen-bond donors (Lipinski definition) is 1. The van der Waals surface area contributed by atoms with Crippen LogP contribution in [0.15, 0.2) is 22.7 Å². The second-order valence-electron chi connectivity index (χ2n) is 7.37. The highest BCUT2D eigenvalue weighted by Gasteiger charge is 2.22. The van der Waals surface area contributed by atoms with Crippen LogP contribution in [0, 0.1) is 27.7 Å². The summed E-state index contributed by atoms with van der Waals surface area (Å²) in [4.78, 5) is 27.1. The van der Waals surface area contributed by atoms with Gasteiger partial charge in [-0.15, -0.1) is 11.8 Å². The van der Waals surface area contributed by atoms with Crippen molar-refractivity contribution in [1.82, 2.24) is 10.1 Å². The third kappa shape index (κ3) is 6.10. The number of carbonyl (C=O) groups is 2. The minimum atomic E-state index is -0.178. The molecule has 0 spiro atoms. The van der Waals surface area contributed by atoms with Gasteiger partial charge in [0, 0.05) is 23.0 Å². The second kappa shape index (κ2) is 10.5. The average molecular weight is 418 g/mol. The first kappa shape index (κ1) is 23.0. The van der Waals surface area contributed by atoms with E-state index in [1.165, 1.54) is 11.8 Å². The van der Waals surface area contributed by atoms with E-state index in [1.54, 1.807) is 4.90 Å². The van der Waals surface area contributed by atoms with Crippen molar-refractivity contribution in [3.8, 4) is 0 Å². The molecule has 0 aliphatic heterocycles. The predicted molar refractivity (Wildman–Crippen MR) is 118 cm³/mol. The number of aromatic nitrogens is 1. The van der Waals surface area contributed by atoms with Gasteiger partial charge in [0.25, 0.3) is 0 Å². The normalized spacial score (nSPS) is 11.9. The summed E-state index contributed by atoms with van der Waals surface area (Å²) in [6.07, 6.45) is 0.789. The molecule has 1 unspecified atom stereocenters. The number of benzene rings is 1. The molecule has 7 heteroatoms. The van der Waals surface area contributed by atoms with Gasteiger partial charge in [0.15, 0.2) is 0 Å². The van der Waals surface area contributed by atoms with Crippen LogP contribution in [0.5, 0.6) is 0 Å². The van der Waals surface area contributed by atoms with Crippen molar-refractivity contribution >= 4 is 29.3 Å². The summed E-state index contributed by atoms with van der Waals surface area (Å²) in [7, 11) is 0. The number of rotatable bonds is 9. The van der Waals surface area contributed by atoms with E-state index in [1.807, 2.05) is 59.7 Å². The van der Waals surface area contributed by atoms with E-state index in [0.29, 0.717) is 11.5 Å². The average Bonchev–Trinajstić information content (AvgIpc) is 3.01. The standard InChI is InChI=1S/C22H31N3O3S/c1-7-15(3)25(11-21(26)23-20-10-8-9-14(2)16(20)4)22(27)13-29-12-19-17(5)24-28-18(19)6/h8-10,15H,7,11-13H2,1-6H3,(H,23,26). The summed E-state index contributed by atoms with van der Waals surface area (Å²) < 4.78 is 5.17. The molecule has 0 saturated carbocycles. The van der Waals surface area contributed by atoms with Gasteiger partial charge >= 0.3 is 0 Å². The lowest BCUT2D eigenvalue weighted by atomic mass is 10.1. The first-order chi connectivity index (χ1) is 13.7. The molecule has 1 N–H and O–H groups in total.